The highest BCUT2D eigenvalue weighted by Gasteiger charge is 2.18. The van der Waals surface area contributed by atoms with Crippen molar-refractivity contribution in [1.82, 2.24) is 9.47 Å². The molecule has 2 rings (SSSR count). The quantitative estimate of drug-likeness (QED) is 0.613. The second-order valence-electron chi connectivity index (χ2n) is 6.50. The molecule has 2 aromatic rings. The normalized spacial score (nSPS) is 12.8. The molecule has 1 aromatic heterocycles. The molecule has 1 aromatic carbocycles. The number of carboxylic acid groups (broad SMARTS) is 1. The van der Waals surface area contributed by atoms with E-state index in [1.54, 1.807) is 6.07 Å². The average Bonchev–Trinajstić information content (AvgIpc) is 3.01. The van der Waals surface area contributed by atoms with Gasteiger partial charge in [0.25, 0.3) is 0 Å². The average molecular weight is 330 g/mol. The number of hydrogen-bond donors (Lipinski definition) is 1. The molecule has 0 spiro atoms. The molecule has 0 aliphatic rings. The zero-order valence-electron chi connectivity index (χ0n) is 15.2. The van der Waals surface area contributed by atoms with Gasteiger partial charge < -0.3 is 9.67 Å². The standard InChI is InChI=1S/C20H30N2O2/c1-4-6-8-14-21(13-7-5-2)16(3)22-15-12-17-18(20(23)24)10-9-11-19(17)22/h9-12,15-16H,4-8,13-14H2,1-3H3,(H,23,24). The number of carbonyl (C=O) groups is 1. The summed E-state index contributed by atoms with van der Waals surface area (Å²) in [6.07, 6.45) is 8.33. The van der Waals surface area contributed by atoms with Crippen LogP contribution in [0.1, 0.15) is 69.4 Å². The lowest BCUT2D eigenvalue weighted by Crippen LogP contribution is -2.32. The maximum absolute atomic E-state index is 11.4. The van der Waals surface area contributed by atoms with Crippen molar-refractivity contribution in [1.29, 1.82) is 0 Å². The second kappa shape index (κ2) is 8.88. The van der Waals surface area contributed by atoms with Crippen molar-refractivity contribution in [3.63, 3.8) is 0 Å². The molecule has 132 valence electrons. The van der Waals surface area contributed by atoms with E-state index in [-0.39, 0.29) is 6.17 Å². The van der Waals surface area contributed by atoms with Crippen LogP contribution in [-0.4, -0.2) is 33.6 Å². The fourth-order valence-corrected chi connectivity index (χ4v) is 3.29. The van der Waals surface area contributed by atoms with Crippen LogP contribution < -0.4 is 0 Å². The van der Waals surface area contributed by atoms with Gasteiger partial charge in [0.1, 0.15) is 0 Å². The third-order valence-corrected chi connectivity index (χ3v) is 4.77. The van der Waals surface area contributed by atoms with E-state index in [2.05, 4.69) is 30.2 Å². The van der Waals surface area contributed by atoms with Crippen LogP contribution >= 0.6 is 0 Å². The molecule has 0 fully saturated rings. The summed E-state index contributed by atoms with van der Waals surface area (Å²) in [5.41, 5.74) is 1.38. The van der Waals surface area contributed by atoms with Crippen LogP contribution in [0.2, 0.25) is 0 Å². The van der Waals surface area contributed by atoms with E-state index in [9.17, 15) is 9.90 Å². The maximum Gasteiger partial charge on any atom is 0.336 e. The molecule has 0 bridgehead atoms. The molecule has 1 N–H and O–H groups in total. The Hall–Kier alpha value is -1.81. The monoisotopic (exact) mass is 330 g/mol. The Labute approximate surface area is 145 Å². The molecule has 0 saturated carbocycles. The van der Waals surface area contributed by atoms with Gasteiger partial charge in [-0.1, -0.05) is 39.2 Å². The summed E-state index contributed by atoms with van der Waals surface area (Å²) >= 11 is 0. The molecule has 1 atom stereocenters. The van der Waals surface area contributed by atoms with Crippen LogP contribution in [0.25, 0.3) is 10.9 Å². The first kappa shape index (κ1) is 18.5. The molecule has 0 radical (unpaired) electrons. The summed E-state index contributed by atoms with van der Waals surface area (Å²) < 4.78 is 2.21. The van der Waals surface area contributed by atoms with Crippen LogP contribution in [0, 0.1) is 0 Å². The van der Waals surface area contributed by atoms with Crippen molar-refractivity contribution in [2.45, 2.75) is 59.0 Å². The Balaban J connectivity index is 2.28. The minimum Gasteiger partial charge on any atom is -0.478 e. The summed E-state index contributed by atoms with van der Waals surface area (Å²) in [4.78, 5) is 13.9. The molecule has 0 amide bonds. The molecular formula is C20H30N2O2. The first-order valence-electron chi connectivity index (χ1n) is 9.17. The SMILES string of the molecule is CCCCCN(CCCC)C(C)n1ccc2c(C(=O)O)cccc21. The van der Waals surface area contributed by atoms with Gasteiger partial charge in [-0.3, -0.25) is 4.90 Å². The second-order valence-corrected chi connectivity index (χ2v) is 6.50. The summed E-state index contributed by atoms with van der Waals surface area (Å²) in [5, 5.41) is 10.2. The molecule has 24 heavy (non-hydrogen) atoms. The Kier molecular flexibility index (Phi) is 6.85. The number of aromatic carboxylic acids is 1. The van der Waals surface area contributed by atoms with Crippen molar-refractivity contribution in [2.75, 3.05) is 13.1 Å². The minimum atomic E-state index is -0.864. The Morgan fingerprint density at radius 3 is 2.50 bits per heavy atom. The topological polar surface area (TPSA) is 45.5 Å². The number of hydrogen-bond acceptors (Lipinski definition) is 2. The van der Waals surface area contributed by atoms with Gasteiger partial charge in [-0.25, -0.2) is 4.79 Å². The molecule has 1 heterocycles. The third-order valence-electron chi connectivity index (χ3n) is 4.77. The van der Waals surface area contributed by atoms with Crippen LogP contribution in [-0.2, 0) is 0 Å². The predicted octanol–water partition coefficient (Wildman–Crippen LogP) is 5.15. The van der Waals surface area contributed by atoms with E-state index in [0.29, 0.717) is 5.56 Å². The van der Waals surface area contributed by atoms with E-state index in [4.69, 9.17) is 0 Å². The fourth-order valence-electron chi connectivity index (χ4n) is 3.29. The number of carboxylic acids is 1. The lowest BCUT2D eigenvalue weighted by Gasteiger charge is -2.31. The zero-order chi connectivity index (χ0) is 17.5. The number of fused-ring (bicyclic) bond motifs is 1. The molecule has 0 saturated heterocycles. The van der Waals surface area contributed by atoms with E-state index in [1.807, 2.05) is 24.4 Å². The van der Waals surface area contributed by atoms with E-state index in [1.165, 1.54) is 32.1 Å². The van der Waals surface area contributed by atoms with Gasteiger partial charge in [-0.05, 0) is 38.0 Å². The van der Waals surface area contributed by atoms with Gasteiger partial charge >= 0.3 is 5.97 Å². The van der Waals surface area contributed by atoms with Crippen LogP contribution in [0.3, 0.4) is 0 Å². The van der Waals surface area contributed by atoms with Crippen molar-refractivity contribution < 1.29 is 9.90 Å². The zero-order valence-corrected chi connectivity index (χ0v) is 15.2. The Morgan fingerprint density at radius 2 is 1.83 bits per heavy atom. The Morgan fingerprint density at radius 1 is 1.12 bits per heavy atom. The first-order chi connectivity index (χ1) is 11.6. The van der Waals surface area contributed by atoms with E-state index < -0.39 is 5.97 Å². The smallest absolute Gasteiger partial charge is 0.336 e. The van der Waals surface area contributed by atoms with Gasteiger partial charge in [0.05, 0.1) is 17.2 Å². The highest BCUT2D eigenvalue weighted by molar-refractivity contribution is 6.03. The fraction of sp³-hybridized carbons (Fsp3) is 0.550. The summed E-state index contributed by atoms with van der Waals surface area (Å²) in [6.45, 7) is 8.84. The molecule has 0 aliphatic heterocycles. The number of benzene rings is 1. The van der Waals surface area contributed by atoms with Gasteiger partial charge in [0, 0.05) is 24.7 Å². The molecule has 4 heteroatoms. The Bertz CT molecular complexity index is 663. The first-order valence-corrected chi connectivity index (χ1v) is 9.17. The maximum atomic E-state index is 11.4. The summed E-state index contributed by atoms with van der Waals surface area (Å²) in [7, 11) is 0. The van der Waals surface area contributed by atoms with Crippen LogP contribution in [0.15, 0.2) is 30.5 Å². The van der Waals surface area contributed by atoms with Crippen LogP contribution in [0.4, 0.5) is 0 Å². The number of unbranched alkanes of at least 4 members (excludes halogenated alkanes) is 3. The van der Waals surface area contributed by atoms with E-state index >= 15 is 0 Å². The number of aromatic nitrogens is 1. The highest BCUT2D eigenvalue weighted by Crippen LogP contribution is 2.26. The van der Waals surface area contributed by atoms with Gasteiger partial charge in [-0.2, -0.15) is 0 Å². The van der Waals surface area contributed by atoms with Gasteiger partial charge in [0.2, 0.25) is 0 Å². The molecule has 1 unspecified atom stereocenters. The number of nitrogens with zero attached hydrogens (tertiary/aromatic N) is 2. The van der Waals surface area contributed by atoms with Crippen molar-refractivity contribution >= 4 is 16.9 Å². The number of rotatable bonds is 10. The minimum absolute atomic E-state index is 0.231. The predicted molar refractivity (Wildman–Crippen MR) is 99.6 cm³/mol. The van der Waals surface area contributed by atoms with Crippen molar-refractivity contribution in [2.24, 2.45) is 0 Å². The third kappa shape index (κ3) is 4.18. The molecule has 0 aliphatic carbocycles. The lowest BCUT2D eigenvalue weighted by atomic mass is 10.1. The van der Waals surface area contributed by atoms with Crippen molar-refractivity contribution in [3.05, 3.63) is 36.0 Å². The summed E-state index contributed by atoms with van der Waals surface area (Å²) in [5.74, 6) is -0.864. The van der Waals surface area contributed by atoms with Gasteiger partial charge in [-0.15, -0.1) is 0 Å². The van der Waals surface area contributed by atoms with Gasteiger partial charge in [0.15, 0.2) is 0 Å². The summed E-state index contributed by atoms with van der Waals surface area (Å²) in [6, 6.07) is 7.46. The highest BCUT2D eigenvalue weighted by atomic mass is 16.4. The van der Waals surface area contributed by atoms with Crippen molar-refractivity contribution in [3.8, 4) is 0 Å². The molecule has 4 nitrogen and oxygen atoms in total. The van der Waals surface area contributed by atoms with E-state index in [0.717, 1.165) is 24.0 Å². The molecular weight excluding hydrogens is 300 g/mol. The van der Waals surface area contributed by atoms with Crippen LogP contribution in [0.5, 0.6) is 0 Å². The lowest BCUT2D eigenvalue weighted by molar-refractivity contribution is 0.0699. The largest absolute Gasteiger partial charge is 0.478 e.